The van der Waals surface area contributed by atoms with Crippen molar-refractivity contribution >= 4 is 44.5 Å². The molecule has 104 valence electrons. The summed E-state index contributed by atoms with van der Waals surface area (Å²) in [4.78, 5) is 27.1. The molecule has 0 aliphatic heterocycles. The summed E-state index contributed by atoms with van der Waals surface area (Å²) in [7, 11) is 0. The normalized spacial score (nSPS) is 10.6. The highest BCUT2D eigenvalue weighted by molar-refractivity contribution is 14.1. The minimum atomic E-state index is -0.985. The van der Waals surface area contributed by atoms with E-state index in [0.717, 1.165) is 5.56 Å². The smallest absolute Gasteiger partial charge is 0.335 e. The molecule has 0 saturated carbocycles. The third kappa shape index (κ3) is 3.09. The van der Waals surface area contributed by atoms with E-state index in [9.17, 15) is 9.59 Å². The number of aryl methyl sites for hydroxylation is 1. The average molecular weight is 449 g/mol. The summed E-state index contributed by atoms with van der Waals surface area (Å²) in [5.74, 6) is -0.985. The molecular weight excluding hydrogens is 439 g/mol. The SMILES string of the molecule is Cc1ncn(Cc2ccc(C(=O)O)cc2Br)c(=O)c1I. The first kappa shape index (κ1) is 15.2. The van der Waals surface area contributed by atoms with Crippen LogP contribution in [0.3, 0.4) is 0 Å². The van der Waals surface area contributed by atoms with Crippen molar-refractivity contribution < 1.29 is 9.90 Å². The summed E-state index contributed by atoms with van der Waals surface area (Å²) in [6.07, 6.45) is 1.50. The Labute approximate surface area is 136 Å². The van der Waals surface area contributed by atoms with E-state index in [1.54, 1.807) is 13.0 Å². The summed E-state index contributed by atoms with van der Waals surface area (Å²) in [6, 6.07) is 4.72. The topological polar surface area (TPSA) is 72.2 Å². The molecule has 2 rings (SSSR count). The Morgan fingerprint density at radius 3 is 2.80 bits per heavy atom. The molecule has 0 saturated heterocycles. The van der Waals surface area contributed by atoms with Gasteiger partial charge in [0.2, 0.25) is 0 Å². The van der Waals surface area contributed by atoms with Gasteiger partial charge in [0.05, 0.1) is 27.7 Å². The molecule has 1 aromatic carbocycles. The number of halogens is 2. The van der Waals surface area contributed by atoms with Crippen molar-refractivity contribution in [2.45, 2.75) is 13.5 Å². The van der Waals surface area contributed by atoms with Gasteiger partial charge in [-0.1, -0.05) is 22.0 Å². The summed E-state index contributed by atoms with van der Waals surface area (Å²) in [5, 5.41) is 8.91. The molecule has 0 unspecified atom stereocenters. The van der Waals surface area contributed by atoms with Gasteiger partial charge >= 0.3 is 5.97 Å². The van der Waals surface area contributed by atoms with E-state index in [1.807, 2.05) is 22.6 Å². The lowest BCUT2D eigenvalue weighted by Crippen LogP contribution is -2.24. The molecule has 0 amide bonds. The highest BCUT2D eigenvalue weighted by Crippen LogP contribution is 2.19. The van der Waals surface area contributed by atoms with Gasteiger partial charge in [-0.15, -0.1) is 0 Å². The van der Waals surface area contributed by atoms with Gasteiger partial charge in [-0.25, -0.2) is 9.78 Å². The first-order valence-corrected chi connectivity index (χ1v) is 7.50. The number of carboxylic acid groups (broad SMARTS) is 1. The molecule has 2 aromatic rings. The molecule has 1 aromatic heterocycles. The van der Waals surface area contributed by atoms with Crippen LogP contribution in [0.1, 0.15) is 21.6 Å². The standard InChI is InChI=1S/C13H10BrIN2O3/c1-7-11(15)12(18)17(6-16-7)5-9-3-2-8(13(19)20)4-10(9)14/h2-4,6H,5H2,1H3,(H,19,20). The zero-order valence-electron chi connectivity index (χ0n) is 10.4. The highest BCUT2D eigenvalue weighted by atomic mass is 127. The molecule has 5 nitrogen and oxygen atoms in total. The number of carboxylic acids is 1. The molecule has 1 N–H and O–H groups in total. The average Bonchev–Trinajstić information content (AvgIpc) is 2.41. The predicted octanol–water partition coefficient (Wildman–Crippen LogP) is 2.67. The van der Waals surface area contributed by atoms with Gasteiger partial charge in [-0.3, -0.25) is 9.36 Å². The van der Waals surface area contributed by atoms with E-state index in [4.69, 9.17) is 5.11 Å². The first-order valence-electron chi connectivity index (χ1n) is 5.63. The lowest BCUT2D eigenvalue weighted by atomic mass is 10.1. The van der Waals surface area contributed by atoms with Crippen LogP contribution in [-0.2, 0) is 6.54 Å². The maximum atomic E-state index is 12.1. The lowest BCUT2D eigenvalue weighted by molar-refractivity contribution is 0.0697. The molecule has 0 fully saturated rings. The molecule has 0 aliphatic rings. The van der Waals surface area contributed by atoms with Crippen molar-refractivity contribution in [3.8, 4) is 0 Å². The Bertz CT molecular complexity index is 743. The van der Waals surface area contributed by atoms with Gasteiger partial charge < -0.3 is 5.11 Å². The number of rotatable bonds is 3. The van der Waals surface area contributed by atoms with Crippen LogP contribution in [0.5, 0.6) is 0 Å². The van der Waals surface area contributed by atoms with Crippen molar-refractivity contribution in [1.82, 2.24) is 9.55 Å². The number of hydrogen-bond donors (Lipinski definition) is 1. The fraction of sp³-hybridized carbons (Fsp3) is 0.154. The van der Waals surface area contributed by atoms with Crippen LogP contribution in [0.15, 0.2) is 33.8 Å². The minimum absolute atomic E-state index is 0.104. The Morgan fingerprint density at radius 1 is 1.50 bits per heavy atom. The molecule has 1 heterocycles. The molecule has 7 heteroatoms. The van der Waals surface area contributed by atoms with E-state index in [2.05, 4.69) is 20.9 Å². The number of aromatic carboxylic acids is 1. The second-order valence-corrected chi connectivity index (χ2v) is 6.12. The minimum Gasteiger partial charge on any atom is -0.478 e. The van der Waals surface area contributed by atoms with Crippen LogP contribution in [0.25, 0.3) is 0 Å². The van der Waals surface area contributed by atoms with E-state index >= 15 is 0 Å². The Balaban J connectivity index is 2.38. The largest absolute Gasteiger partial charge is 0.478 e. The van der Waals surface area contributed by atoms with Gasteiger partial charge in [0.25, 0.3) is 5.56 Å². The monoisotopic (exact) mass is 448 g/mol. The van der Waals surface area contributed by atoms with Crippen molar-refractivity contribution in [1.29, 1.82) is 0 Å². The molecule has 0 aliphatic carbocycles. The van der Waals surface area contributed by atoms with E-state index < -0.39 is 5.97 Å². The molecule has 0 radical (unpaired) electrons. The van der Waals surface area contributed by atoms with Gasteiger partial charge in [0.1, 0.15) is 0 Å². The van der Waals surface area contributed by atoms with Crippen LogP contribution < -0.4 is 5.56 Å². The van der Waals surface area contributed by atoms with Crippen molar-refractivity contribution in [2.75, 3.05) is 0 Å². The predicted molar refractivity (Wildman–Crippen MR) is 86.2 cm³/mol. The van der Waals surface area contributed by atoms with Crippen LogP contribution in [0.4, 0.5) is 0 Å². The Kier molecular flexibility index (Phi) is 4.59. The summed E-state index contributed by atoms with van der Waals surface area (Å²) < 4.78 is 2.73. The Morgan fingerprint density at radius 2 is 2.20 bits per heavy atom. The third-order valence-corrected chi connectivity index (χ3v) is 4.78. The third-order valence-electron chi connectivity index (χ3n) is 2.80. The fourth-order valence-electron chi connectivity index (χ4n) is 1.65. The molecule has 0 spiro atoms. The number of carbonyl (C=O) groups is 1. The van der Waals surface area contributed by atoms with Crippen molar-refractivity contribution in [2.24, 2.45) is 0 Å². The fourth-order valence-corrected chi connectivity index (χ4v) is 2.60. The summed E-state index contributed by atoms with van der Waals surface area (Å²) in [6.45, 7) is 2.12. The second-order valence-electron chi connectivity index (χ2n) is 4.19. The van der Waals surface area contributed by atoms with E-state index in [1.165, 1.54) is 23.0 Å². The molecule has 0 atom stereocenters. The number of nitrogens with zero attached hydrogens (tertiary/aromatic N) is 2. The maximum Gasteiger partial charge on any atom is 0.335 e. The van der Waals surface area contributed by atoms with Crippen molar-refractivity contribution in [3.05, 3.63) is 59.7 Å². The van der Waals surface area contributed by atoms with E-state index in [0.29, 0.717) is 20.3 Å². The van der Waals surface area contributed by atoms with Gasteiger partial charge in [0, 0.05) is 4.47 Å². The number of aromatic nitrogens is 2. The van der Waals surface area contributed by atoms with Gasteiger partial charge in [0.15, 0.2) is 0 Å². The first-order chi connectivity index (χ1) is 9.40. The number of hydrogen-bond acceptors (Lipinski definition) is 3. The summed E-state index contributed by atoms with van der Waals surface area (Å²) >= 11 is 5.30. The van der Waals surface area contributed by atoms with Crippen LogP contribution in [0.2, 0.25) is 0 Å². The zero-order valence-corrected chi connectivity index (χ0v) is 14.2. The summed E-state index contributed by atoms with van der Waals surface area (Å²) in [5.41, 5.74) is 1.61. The van der Waals surface area contributed by atoms with Crippen molar-refractivity contribution in [3.63, 3.8) is 0 Å². The van der Waals surface area contributed by atoms with Crippen LogP contribution in [0, 0.1) is 10.5 Å². The van der Waals surface area contributed by atoms with Gasteiger partial charge in [-0.05, 0) is 47.2 Å². The molecule has 0 bridgehead atoms. The quantitative estimate of drug-likeness (QED) is 0.732. The van der Waals surface area contributed by atoms with Crippen LogP contribution >= 0.6 is 38.5 Å². The number of benzene rings is 1. The van der Waals surface area contributed by atoms with E-state index in [-0.39, 0.29) is 11.1 Å². The van der Waals surface area contributed by atoms with Gasteiger partial charge in [-0.2, -0.15) is 0 Å². The molecule has 20 heavy (non-hydrogen) atoms. The zero-order chi connectivity index (χ0) is 14.9. The van der Waals surface area contributed by atoms with Crippen LogP contribution in [-0.4, -0.2) is 20.6 Å². The second kappa shape index (κ2) is 6.04. The lowest BCUT2D eigenvalue weighted by Gasteiger charge is -2.09. The Hall–Kier alpha value is -1.22. The molecular formula is C13H10BrIN2O3. The maximum absolute atomic E-state index is 12.1. The highest BCUT2D eigenvalue weighted by Gasteiger charge is 2.10.